The molecule has 0 N–H and O–H groups in total. The smallest absolute Gasteiger partial charge is 0.406 e. The lowest BCUT2D eigenvalue weighted by Crippen LogP contribution is -2.23. The summed E-state index contributed by atoms with van der Waals surface area (Å²) < 4.78 is 72.5. The van der Waals surface area contributed by atoms with Crippen LogP contribution in [0.25, 0.3) is 0 Å². The van der Waals surface area contributed by atoms with Gasteiger partial charge in [-0.2, -0.15) is 8.78 Å². The van der Waals surface area contributed by atoms with E-state index >= 15 is 0 Å². The van der Waals surface area contributed by atoms with Crippen LogP contribution in [0.1, 0.15) is 30.0 Å². The molecule has 7 heteroatoms. The third-order valence-corrected chi connectivity index (χ3v) is 3.58. The van der Waals surface area contributed by atoms with Gasteiger partial charge < -0.3 is 9.47 Å². The lowest BCUT2D eigenvalue weighted by atomic mass is 10.1. The molecule has 2 aromatic rings. The van der Waals surface area contributed by atoms with Crippen LogP contribution in [-0.2, 0) is 24.2 Å². The van der Waals surface area contributed by atoms with Gasteiger partial charge in [0.05, 0.1) is 13.0 Å². The Morgan fingerprint density at radius 1 is 0.769 bits per heavy atom. The van der Waals surface area contributed by atoms with E-state index in [9.17, 15) is 22.0 Å². The zero-order chi connectivity index (χ0) is 19.2. The minimum Gasteiger partial charge on any atom is -0.406 e. The summed E-state index contributed by atoms with van der Waals surface area (Å²) in [4.78, 5) is 0. The zero-order valence-electron chi connectivity index (χ0n) is 14.2. The Hall–Kier alpha value is -2.15. The number of hydrogen-bond acceptors (Lipinski definition) is 2. The van der Waals surface area contributed by atoms with Crippen molar-refractivity contribution in [1.82, 2.24) is 0 Å². The maximum Gasteiger partial charge on any atom is 0.573 e. The maximum absolute atomic E-state index is 13.9. The van der Waals surface area contributed by atoms with Crippen molar-refractivity contribution in [3.63, 3.8) is 0 Å². The first kappa shape index (κ1) is 20.2. The van der Waals surface area contributed by atoms with Crippen LogP contribution in [0, 0.1) is 0 Å². The van der Waals surface area contributed by atoms with Crippen molar-refractivity contribution in [2.45, 2.75) is 45.3 Å². The third-order valence-electron chi connectivity index (χ3n) is 3.58. The van der Waals surface area contributed by atoms with E-state index in [-0.39, 0.29) is 12.2 Å². The Morgan fingerprint density at radius 2 is 1.31 bits per heavy atom. The molecule has 0 aliphatic carbocycles. The highest BCUT2D eigenvalue weighted by Gasteiger charge is 2.32. The molecular weight excluding hydrogens is 355 g/mol. The van der Waals surface area contributed by atoms with Crippen LogP contribution in [0.5, 0.6) is 5.75 Å². The Bertz CT molecular complexity index is 679. The monoisotopic (exact) mass is 374 g/mol. The Balaban J connectivity index is 1.89. The van der Waals surface area contributed by atoms with Gasteiger partial charge in [0, 0.05) is 0 Å². The maximum atomic E-state index is 13.9. The molecule has 26 heavy (non-hydrogen) atoms. The van der Waals surface area contributed by atoms with E-state index in [0.29, 0.717) is 5.56 Å². The normalized spacial score (nSPS) is 12.2. The highest BCUT2D eigenvalue weighted by molar-refractivity contribution is 5.28. The van der Waals surface area contributed by atoms with Crippen LogP contribution >= 0.6 is 0 Å². The standard InChI is InChI=1S/C19H19F5O2/c1-2-3-14-4-6-16(7-5-14)13-25-18(20,21)12-15-8-10-17(11-9-15)26-19(22,23)24/h4-11H,2-3,12-13H2,1H3. The van der Waals surface area contributed by atoms with E-state index in [2.05, 4.69) is 16.4 Å². The Kier molecular flexibility index (Phi) is 6.58. The second-order valence-corrected chi connectivity index (χ2v) is 5.86. The summed E-state index contributed by atoms with van der Waals surface area (Å²) in [6.45, 7) is 1.80. The van der Waals surface area contributed by atoms with Crippen LogP contribution in [0.4, 0.5) is 22.0 Å². The van der Waals surface area contributed by atoms with Crippen LogP contribution in [0.15, 0.2) is 48.5 Å². The number of halogens is 5. The highest BCUT2D eigenvalue weighted by atomic mass is 19.4. The summed E-state index contributed by atoms with van der Waals surface area (Å²) in [5, 5.41) is 0. The van der Waals surface area contributed by atoms with Crippen LogP contribution in [-0.4, -0.2) is 12.5 Å². The molecule has 0 heterocycles. The van der Waals surface area contributed by atoms with E-state index < -0.39 is 24.6 Å². The predicted molar refractivity (Wildman–Crippen MR) is 87.0 cm³/mol. The van der Waals surface area contributed by atoms with E-state index in [1.807, 2.05) is 12.1 Å². The van der Waals surface area contributed by atoms with Gasteiger partial charge in [0.1, 0.15) is 5.75 Å². The van der Waals surface area contributed by atoms with Gasteiger partial charge in [0.2, 0.25) is 0 Å². The predicted octanol–water partition coefficient (Wildman–Crippen LogP) is 5.89. The summed E-state index contributed by atoms with van der Waals surface area (Å²) in [5.74, 6) is -0.461. The van der Waals surface area contributed by atoms with Crippen LogP contribution in [0.3, 0.4) is 0 Å². The van der Waals surface area contributed by atoms with Crippen molar-refractivity contribution >= 4 is 0 Å². The second kappa shape index (κ2) is 8.49. The molecule has 0 aromatic heterocycles. The van der Waals surface area contributed by atoms with Gasteiger partial charge in [-0.3, -0.25) is 0 Å². The molecule has 0 aliphatic heterocycles. The van der Waals surface area contributed by atoms with Gasteiger partial charge >= 0.3 is 12.5 Å². The summed E-state index contributed by atoms with van der Waals surface area (Å²) in [5.41, 5.74) is 1.89. The van der Waals surface area contributed by atoms with Gasteiger partial charge in [-0.1, -0.05) is 49.7 Å². The number of alkyl halides is 5. The zero-order valence-corrected chi connectivity index (χ0v) is 14.2. The van der Waals surface area contributed by atoms with Crippen molar-refractivity contribution in [2.75, 3.05) is 0 Å². The molecule has 142 valence electrons. The SMILES string of the molecule is CCCc1ccc(COC(F)(F)Cc2ccc(OC(F)(F)F)cc2)cc1. The van der Waals surface area contributed by atoms with E-state index in [4.69, 9.17) is 0 Å². The fourth-order valence-electron chi connectivity index (χ4n) is 2.38. The number of rotatable bonds is 8. The molecule has 0 fully saturated rings. The fourth-order valence-corrected chi connectivity index (χ4v) is 2.38. The van der Waals surface area contributed by atoms with Crippen LogP contribution in [0.2, 0.25) is 0 Å². The van der Waals surface area contributed by atoms with Gasteiger partial charge in [0.15, 0.2) is 0 Å². The van der Waals surface area contributed by atoms with Gasteiger partial charge in [-0.15, -0.1) is 13.2 Å². The van der Waals surface area contributed by atoms with E-state index in [1.54, 1.807) is 12.1 Å². The van der Waals surface area contributed by atoms with Crippen molar-refractivity contribution in [3.8, 4) is 5.75 Å². The molecule has 0 amide bonds. The summed E-state index contributed by atoms with van der Waals surface area (Å²) in [6.07, 6.45) is -7.07. The highest BCUT2D eigenvalue weighted by Crippen LogP contribution is 2.27. The molecular formula is C19H19F5O2. The molecule has 0 spiro atoms. The molecule has 0 bridgehead atoms. The van der Waals surface area contributed by atoms with Gasteiger partial charge in [0.25, 0.3) is 0 Å². The summed E-state index contributed by atoms with van der Waals surface area (Å²) >= 11 is 0. The van der Waals surface area contributed by atoms with Crippen molar-refractivity contribution in [3.05, 3.63) is 65.2 Å². The molecule has 0 saturated carbocycles. The minimum absolute atomic E-state index is 0.141. The molecule has 0 radical (unpaired) electrons. The van der Waals surface area contributed by atoms with Crippen molar-refractivity contribution in [2.24, 2.45) is 0 Å². The lowest BCUT2D eigenvalue weighted by Gasteiger charge is -2.17. The fraction of sp³-hybridized carbons (Fsp3) is 0.368. The quantitative estimate of drug-likeness (QED) is 0.537. The molecule has 0 unspecified atom stereocenters. The van der Waals surface area contributed by atoms with Gasteiger partial charge in [-0.05, 0) is 35.2 Å². The number of hydrogen-bond donors (Lipinski definition) is 0. The van der Waals surface area contributed by atoms with Crippen molar-refractivity contribution in [1.29, 1.82) is 0 Å². The number of benzene rings is 2. The molecule has 0 saturated heterocycles. The molecule has 2 nitrogen and oxygen atoms in total. The summed E-state index contributed by atoms with van der Waals surface area (Å²) in [7, 11) is 0. The molecule has 0 atom stereocenters. The molecule has 0 aliphatic rings. The molecule has 2 rings (SSSR count). The average Bonchev–Trinajstić information content (AvgIpc) is 2.55. The largest absolute Gasteiger partial charge is 0.573 e. The Morgan fingerprint density at radius 3 is 1.85 bits per heavy atom. The third kappa shape index (κ3) is 7.00. The first-order chi connectivity index (χ1) is 12.2. The van der Waals surface area contributed by atoms with E-state index in [1.165, 1.54) is 0 Å². The first-order valence-corrected chi connectivity index (χ1v) is 8.11. The van der Waals surface area contributed by atoms with Gasteiger partial charge in [-0.25, -0.2) is 0 Å². The number of ether oxygens (including phenoxy) is 2. The number of aryl methyl sites for hydroxylation is 1. The lowest BCUT2D eigenvalue weighted by molar-refractivity contribution is -0.274. The second-order valence-electron chi connectivity index (χ2n) is 5.86. The first-order valence-electron chi connectivity index (χ1n) is 8.11. The average molecular weight is 374 g/mol. The Labute approximate surface area is 148 Å². The minimum atomic E-state index is -4.82. The van der Waals surface area contributed by atoms with Crippen LogP contribution < -0.4 is 4.74 Å². The van der Waals surface area contributed by atoms with Crippen molar-refractivity contribution < 1.29 is 31.4 Å². The topological polar surface area (TPSA) is 18.5 Å². The van der Waals surface area contributed by atoms with E-state index in [0.717, 1.165) is 42.7 Å². The summed E-state index contributed by atoms with van der Waals surface area (Å²) in [6, 6.07) is 11.5. The molecule has 2 aromatic carbocycles.